The van der Waals surface area contributed by atoms with Crippen molar-refractivity contribution in [1.82, 2.24) is 0 Å². The quantitative estimate of drug-likeness (QED) is 0.564. The zero-order valence-corrected chi connectivity index (χ0v) is 17.4. The van der Waals surface area contributed by atoms with E-state index >= 15 is 0 Å². The second-order valence-corrected chi connectivity index (χ2v) is 7.96. The number of sulfonamides is 1. The fourth-order valence-electron chi connectivity index (χ4n) is 2.70. The van der Waals surface area contributed by atoms with Crippen molar-refractivity contribution < 1.29 is 22.7 Å². The molecule has 3 rings (SSSR count). The lowest BCUT2D eigenvalue weighted by atomic mass is 10.2. The van der Waals surface area contributed by atoms with Gasteiger partial charge in [-0.15, -0.1) is 0 Å². The standard InChI is InChI=1S/C22H22N2O5S/c1-3-29-20-11-13-21(14-12-20)30(26,27)24-18-6-4-5-16(15-18)22(25)23-17-7-9-19(28-2)10-8-17/h4-15,24H,3H2,1-2H3,(H,23,25). The van der Waals surface area contributed by atoms with Gasteiger partial charge in [-0.2, -0.15) is 0 Å². The Morgan fingerprint density at radius 3 is 2.20 bits per heavy atom. The van der Waals surface area contributed by atoms with E-state index in [1.54, 1.807) is 61.7 Å². The molecule has 0 aliphatic heterocycles. The Hall–Kier alpha value is -3.52. The van der Waals surface area contributed by atoms with E-state index in [0.29, 0.717) is 29.4 Å². The molecule has 7 nitrogen and oxygen atoms in total. The van der Waals surface area contributed by atoms with Crippen LogP contribution in [0.1, 0.15) is 17.3 Å². The molecule has 1 amide bonds. The molecule has 0 bridgehead atoms. The minimum absolute atomic E-state index is 0.0963. The summed E-state index contributed by atoms with van der Waals surface area (Å²) in [5.74, 6) is 0.912. The third-order valence-electron chi connectivity index (χ3n) is 4.17. The number of ether oxygens (including phenoxy) is 2. The summed E-state index contributed by atoms with van der Waals surface area (Å²) in [5, 5.41) is 2.76. The summed E-state index contributed by atoms with van der Waals surface area (Å²) < 4.78 is 38.2. The molecule has 0 unspecified atom stereocenters. The van der Waals surface area contributed by atoms with Crippen LogP contribution < -0.4 is 19.5 Å². The van der Waals surface area contributed by atoms with Gasteiger partial charge in [-0.25, -0.2) is 8.42 Å². The third kappa shape index (κ3) is 5.30. The van der Waals surface area contributed by atoms with Crippen LogP contribution in [0.25, 0.3) is 0 Å². The first-order valence-corrected chi connectivity index (χ1v) is 10.7. The molecule has 0 radical (unpaired) electrons. The summed E-state index contributed by atoms with van der Waals surface area (Å²) in [6, 6.07) is 19.3. The summed E-state index contributed by atoms with van der Waals surface area (Å²) >= 11 is 0. The number of hydrogen-bond acceptors (Lipinski definition) is 5. The van der Waals surface area contributed by atoms with Gasteiger partial charge in [0.05, 0.1) is 18.6 Å². The summed E-state index contributed by atoms with van der Waals surface area (Å²) in [7, 11) is -2.24. The van der Waals surface area contributed by atoms with E-state index in [4.69, 9.17) is 9.47 Å². The highest BCUT2D eigenvalue weighted by Crippen LogP contribution is 2.21. The number of rotatable bonds is 8. The maximum Gasteiger partial charge on any atom is 0.261 e. The lowest BCUT2D eigenvalue weighted by molar-refractivity contribution is 0.102. The molecule has 0 aliphatic rings. The fourth-order valence-corrected chi connectivity index (χ4v) is 3.75. The van der Waals surface area contributed by atoms with Gasteiger partial charge >= 0.3 is 0 Å². The third-order valence-corrected chi connectivity index (χ3v) is 5.57. The fraction of sp³-hybridized carbons (Fsp3) is 0.136. The summed E-state index contributed by atoms with van der Waals surface area (Å²) in [6.45, 7) is 2.35. The average Bonchev–Trinajstić information content (AvgIpc) is 2.75. The van der Waals surface area contributed by atoms with Crippen molar-refractivity contribution in [2.24, 2.45) is 0 Å². The maximum atomic E-state index is 12.6. The van der Waals surface area contributed by atoms with Crippen LogP contribution in [0.15, 0.2) is 77.7 Å². The molecule has 0 saturated carbocycles. The molecule has 8 heteroatoms. The van der Waals surface area contributed by atoms with Crippen molar-refractivity contribution in [2.45, 2.75) is 11.8 Å². The number of nitrogens with one attached hydrogen (secondary N) is 2. The van der Waals surface area contributed by atoms with Gasteiger partial charge in [0, 0.05) is 16.9 Å². The number of anilines is 2. The SMILES string of the molecule is CCOc1ccc(S(=O)(=O)Nc2cccc(C(=O)Nc3ccc(OC)cc3)c2)cc1. The molecule has 156 valence electrons. The van der Waals surface area contributed by atoms with E-state index in [2.05, 4.69) is 10.0 Å². The van der Waals surface area contributed by atoms with Crippen LogP contribution in [-0.2, 0) is 10.0 Å². The molecule has 0 aliphatic carbocycles. The Morgan fingerprint density at radius 2 is 1.57 bits per heavy atom. The number of amides is 1. The normalized spacial score (nSPS) is 10.9. The molecule has 30 heavy (non-hydrogen) atoms. The first kappa shape index (κ1) is 21.2. The highest BCUT2D eigenvalue weighted by molar-refractivity contribution is 7.92. The van der Waals surface area contributed by atoms with Crippen LogP contribution in [0.3, 0.4) is 0 Å². The largest absolute Gasteiger partial charge is 0.497 e. The molecule has 0 heterocycles. The highest BCUT2D eigenvalue weighted by Gasteiger charge is 2.15. The average molecular weight is 426 g/mol. The van der Waals surface area contributed by atoms with Crippen molar-refractivity contribution in [3.8, 4) is 11.5 Å². The Labute approximate surface area is 175 Å². The van der Waals surface area contributed by atoms with Crippen molar-refractivity contribution in [3.05, 3.63) is 78.4 Å². The predicted molar refractivity (Wildman–Crippen MR) is 116 cm³/mol. The van der Waals surface area contributed by atoms with Gasteiger partial charge in [-0.05, 0) is 73.7 Å². The van der Waals surface area contributed by atoms with Crippen LogP contribution in [0.2, 0.25) is 0 Å². The molecule has 0 atom stereocenters. The summed E-state index contributed by atoms with van der Waals surface area (Å²) in [6.07, 6.45) is 0. The van der Waals surface area contributed by atoms with Crippen LogP contribution in [-0.4, -0.2) is 28.0 Å². The molecule has 0 fully saturated rings. The molecular weight excluding hydrogens is 404 g/mol. The van der Waals surface area contributed by atoms with Crippen LogP contribution in [0.4, 0.5) is 11.4 Å². The Kier molecular flexibility index (Phi) is 6.58. The lowest BCUT2D eigenvalue weighted by Gasteiger charge is -2.11. The molecule has 0 aromatic heterocycles. The number of methoxy groups -OCH3 is 1. The lowest BCUT2D eigenvalue weighted by Crippen LogP contribution is -2.15. The first-order valence-electron chi connectivity index (χ1n) is 9.22. The summed E-state index contributed by atoms with van der Waals surface area (Å²) in [4.78, 5) is 12.6. The predicted octanol–water partition coefficient (Wildman–Crippen LogP) is 4.15. The minimum Gasteiger partial charge on any atom is -0.497 e. The smallest absolute Gasteiger partial charge is 0.261 e. The molecular formula is C22H22N2O5S. The van der Waals surface area contributed by atoms with Crippen LogP contribution in [0, 0.1) is 0 Å². The first-order chi connectivity index (χ1) is 14.4. The molecule has 0 spiro atoms. The van der Waals surface area contributed by atoms with Gasteiger partial charge in [0.25, 0.3) is 15.9 Å². The Bertz CT molecular complexity index is 1110. The zero-order valence-electron chi connectivity index (χ0n) is 16.6. The van der Waals surface area contributed by atoms with Crippen molar-refractivity contribution in [2.75, 3.05) is 23.8 Å². The van der Waals surface area contributed by atoms with E-state index in [1.165, 1.54) is 18.2 Å². The second-order valence-electron chi connectivity index (χ2n) is 6.27. The van der Waals surface area contributed by atoms with E-state index in [-0.39, 0.29) is 16.5 Å². The van der Waals surface area contributed by atoms with E-state index in [0.717, 1.165) is 0 Å². The maximum absolute atomic E-state index is 12.6. The van der Waals surface area contributed by atoms with Gasteiger partial charge in [-0.1, -0.05) is 6.07 Å². The monoisotopic (exact) mass is 426 g/mol. The number of benzene rings is 3. The number of hydrogen-bond donors (Lipinski definition) is 2. The van der Waals surface area contributed by atoms with Gasteiger partial charge in [-0.3, -0.25) is 9.52 Å². The van der Waals surface area contributed by atoms with Gasteiger partial charge in [0.15, 0.2) is 0 Å². The van der Waals surface area contributed by atoms with E-state index in [1.807, 2.05) is 6.92 Å². The van der Waals surface area contributed by atoms with Crippen molar-refractivity contribution in [1.29, 1.82) is 0 Å². The Morgan fingerprint density at radius 1 is 0.900 bits per heavy atom. The molecule has 0 saturated heterocycles. The number of carbonyl (C=O) groups excluding carboxylic acids is 1. The molecule has 3 aromatic carbocycles. The van der Waals surface area contributed by atoms with Crippen molar-refractivity contribution >= 4 is 27.3 Å². The van der Waals surface area contributed by atoms with E-state index in [9.17, 15) is 13.2 Å². The van der Waals surface area contributed by atoms with Gasteiger partial charge in [0.2, 0.25) is 0 Å². The number of carbonyl (C=O) groups is 1. The van der Waals surface area contributed by atoms with Crippen LogP contribution >= 0.6 is 0 Å². The summed E-state index contributed by atoms with van der Waals surface area (Å²) in [5.41, 5.74) is 1.20. The topological polar surface area (TPSA) is 93.7 Å². The zero-order chi connectivity index (χ0) is 21.6. The Balaban J connectivity index is 1.73. The van der Waals surface area contributed by atoms with Crippen LogP contribution in [0.5, 0.6) is 11.5 Å². The molecule has 2 N–H and O–H groups in total. The minimum atomic E-state index is -3.81. The van der Waals surface area contributed by atoms with Gasteiger partial charge < -0.3 is 14.8 Å². The van der Waals surface area contributed by atoms with E-state index < -0.39 is 10.0 Å². The van der Waals surface area contributed by atoms with Crippen molar-refractivity contribution in [3.63, 3.8) is 0 Å². The van der Waals surface area contributed by atoms with Gasteiger partial charge in [0.1, 0.15) is 11.5 Å². The highest BCUT2D eigenvalue weighted by atomic mass is 32.2. The molecule has 3 aromatic rings. The second kappa shape index (κ2) is 9.32.